The lowest BCUT2D eigenvalue weighted by atomic mass is 10.0. The smallest absolute Gasteiger partial charge is 0.248 e. The molecule has 42 heavy (non-hydrogen) atoms. The van der Waals surface area contributed by atoms with Gasteiger partial charge in [0.25, 0.3) is 0 Å². The highest BCUT2D eigenvalue weighted by atomic mass is 19.1. The first-order valence-corrected chi connectivity index (χ1v) is 15.3. The Labute approximate surface area is 244 Å². The van der Waals surface area contributed by atoms with Gasteiger partial charge in [-0.15, -0.1) is 15.3 Å². The van der Waals surface area contributed by atoms with E-state index < -0.39 is 0 Å². The Bertz CT molecular complexity index is 1610. The van der Waals surface area contributed by atoms with Gasteiger partial charge in [0, 0.05) is 43.5 Å². The fraction of sp³-hybridized carbons (Fsp3) is 0.438. The summed E-state index contributed by atoms with van der Waals surface area (Å²) in [5.41, 5.74) is 11.9. The van der Waals surface area contributed by atoms with Crippen LogP contribution in [0.2, 0.25) is 0 Å². The molecule has 3 N–H and O–H groups in total. The molecule has 8 rings (SSSR count). The molecule has 2 aliphatic carbocycles. The van der Waals surface area contributed by atoms with Gasteiger partial charge in [0.2, 0.25) is 11.9 Å². The summed E-state index contributed by atoms with van der Waals surface area (Å²) in [5.74, 6) is 2.00. The second kappa shape index (κ2) is 10.3. The Hall–Kier alpha value is -4.05. The number of nitrogens with zero attached hydrogens (tertiary/aromatic N) is 7. The van der Waals surface area contributed by atoms with Crippen molar-refractivity contribution in [2.24, 2.45) is 11.8 Å². The van der Waals surface area contributed by atoms with Gasteiger partial charge in [0.05, 0.1) is 11.4 Å². The maximum atomic E-state index is 15.4. The van der Waals surface area contributed by atoms with E-state index in [1.807, 2.05) is 24.3 Å². The van der Waals surface area contributed by atoms with Crippen LogP contribution in [0.5, 0.6) is 0 Å². The number of benzene rings is 2. The van der Waals surface area contributed by atoms with Crippen molar-refractivity contribution in [2.75, 3.05) is 42.1 Å². The quantitative estimate of drug-likeness (QED) is 0.349. The molecule has 0 bridgehead atoms. The molecule has 10 heteroatoms. The fourth-order valence-electron chi connectivity index (χ4n) is 7.69. The van der Waals surface area contributed by atoms with Gasteiger partial charge in [-0.2, -0.15) is 9.67 Å². The number of fused-ring (bicyclic) bond motifs is 4. The number of nitrogen functional groups attached to an aromatic ring is 1. The first-order chi connectivity index (χ1) is 20.6. The Balaban J connectivity index is 0.964. The van der Waals surface area contributed by atoms with Crippen LogP contribution >= 0.6 is 0 Å². The van der Waals surface area contributed by atoms with Crippen LogP contribution in [0.4, 0.5) is 27.7 Å². The first kappa shape index (κ1) is 25.6. The molecule has 3 fully saturated rings. The van der Waals surface area contributed by atoms with Gasteiger partial charge in [-0.25, -0.2) is 4.39 Å². The number of rotatable bonds is 5. The fourth-order valence-corrected chi connectivity index (χ4v) is 7.69. The highest BCUT2D eigenvalue weighted by Gasteiger charge is 2.42. The van der Waals surface area contributed by atoms with Gasteiger partial charge in [0.15, 0.2) is 5.82 Å². The SMILES string of the molecule is Nc1nc(Nc2ccc(N3CC4CN(C5CCCC5)CC4C3)c(F)c2)nn1-c1cc2c(nn1)-c1ccccc1CCC2. The molecule has 2 saturated heterocycles. The Morgan fingerprint density at radius 1 is 0.857 bits per heavy atom. The lowest BCUT2D eigenvalue weighted by Gasteiger charge is -2.27. The van der Waals surface area contributed by atoms with E-state index in [0.29, 0.717) is 29.0 Å². The van der Waals surface area contributed by atoms with Crippen molar-refractivity contribution in [1.82, 2.24) is 29.9 Å². The van der Waals surface area contributed by atoms with Crippen LogP contribution in [0.3, 0.4) is 0 Å². The third kappa shape index (κ3) is 4.58. The second-order valence-electron chi connectivity index (χ2n) is 12.4. The lowest BCUT2D eigenvalue weighted by Crippen LogP contribution is -2.35. The number of hydrogen-bond acceptors (Lipinski definition) is 8. The van der Waals surface area contributed by atoms with Crippen molar-refractivity contribution in [3.8, 4) is 17.1 Å². The van der Waals surface area contributed by atoms with Crippen LogP contribution in [-0.4, -0.2) is 62.1 Å². The summed E-state index contributed by atoms with van der Waals surface area (Å²) in [4.78, 5) is 9.30. The zero-order chi connectivity index (χ0) is 28.2. The topological polar surface area (TPSA) is 101 Å². The third-order valence-electron chi connectivity index (χ3n) is 9.77. The van der Waals surface area contributed by atoms with Gasteiger partial charge in [-0.3, -0.25) is 4.90 Å². The predicted octanol–water partition coefficient (Wildman–Crippen LogP) is 4.99. The van der Waals surface area contributed by atoms with Gasteiger partial charge in [0.1, 0.15) is 5.82 Å². The summed E-state index contributed by atoms with van der Waals surface area (Å²) in [5, 5.41) is 16.7. The summed E-state index contributed by atoms with van der Waals surface area (Å²) < 4.78 is 16.9. The number of anilines is 4. The molecule has 2 aromatic heterocycles. The Morgan fingerprint density at radius 2 is 1.64 bits per heavy atom. The number of aryl methyl sites for hydroxylation is 2. The molecular formula is C32H36FN9. The summed E-state index contributed by atoms with van der Waals surface area (Å²) in [6.07, 6.45) is 8.38. The van der Waals surface area contributed by atoms with Gasteiger partial charge >= 0.3 is 0 Å². The highest BCUT2D eigenvalue weighted by Crippen LogP contribution is 2.38. The number of nitrogens with two attached hydrogens (primary N) is 1. The minimum Gasteiger partial charge on any atom is -0.368 e. The normalized spacial score (nSPS) is 22.2. The minimum absolute atomic E-state index is 0.188. The van der Waals surface area contributed by atoms with Crippen molar-refractivity contribution in [3.63, 3.8) is 0 Å². The van der Waals surface area contributed by atoms with Crippen molar-refractivity contribution in [2.45, 2.75) is 51.0 Å². The average Bonchev–Trinajstić information content (AvgIpc) is 3.77. The Morgan fingerprint density at radius 3 is 2.45 bits per heavy atom. The molecule has 1 saturated carbocycles. The standard InChI is InChI=1S/C32H36FN9/c33-27-15-24(12-13-28(27)41-18-22-16-40(17-23(22)19-41)25-9-2-3-10-25)35-32-36-31(34)42(39-32)29-14-21-8-5-7-20-6-1-4-11-26(20)30(21)38-37-29/h1,4,6,11-15,22-23,25H,2-3,5,7-10,16-19H2,(H3,34,35,36,39). The molecular weight excluding hydrogens is 529 g/mol. The van der Waals surface area contributed by atoms with Crippen LogP contribution in [0.25, 0.3) is 17.1 Å². The van der Waals surface area contributed by atoms with E-state index in [9.17, 15) is 0 Å². The minimum atomic E-state index is -0.239. The largest absolute Gasteiger partial charge is 0.368 e. The average molecular weight is 566 g/mol. The molecule has 0 radical (unpaired) electrons. The van der Waals surface area contributed by atoms with Crippen LogP contribution in [0.1, 0.15) is 43.2 Å². The summed E-state index contributed by atoms with van der Waals surface area (Å²) in [6, 6.07) is 16.4. The predicted molar refractivity (Wildman–Crippen MR) is 162 cm³/mol. The molecule has 4 aliphatic rings. The molecule has 2 aliphatic heterocycles. The van der Waals surface area contributed by atoms with Gasteiger partial charge in [-0.05, 0) is 79.3 Å². The molecule has 0 amide bonds. The molecule has 2 unspecified atom stereocenters. The van der Waals surface area contributed by atoms with Crippen LogP contribution in [0.15, 0.2) is 48.5 Å². The van der Waals surface area contributed by atoms with E-state index in [1.165, 1.54) is 42.0 Å². The number of nitrogens with one attached hydrogen (secondary N) is 1. The first-order valence-electron chi connectivity index (χ1n) is 15.3. The summed E-state index contributed by atoms with van der Waals surface area (Å²) in [6.45, 7) is 4.16. The molecule has 0 spiro atoms. The number of halogens is 1. The Kier molecular flexibility index (Phi) is 6.31. The zero-order valence-electron chi connectivity index (χ0n) is 23.7. The summed E-state index contributed by atoms with van der Waals surface area (Å²) >= 11 is 0. The molecule has 2 atom stereocenters. The third-order valence-corrected chi connectivity index (χ3v) is 9.77. The maximum Gasteiger partial charge on any atom is 0.248 e. The van der Waals surface area contributed by atoms with Crippen molar-refractivity contribution in [3.05, 3.63) is 65.5 Å². The van der Waals surface area contributed by atoms with Crippen molar-refractivity contribution in [1.29, 1.82) is 0 Å². The molecule has 4 aromatic rings. The van der Waals surface area contributed by atoms with Crippen LogP contribution in [-0.2, 0) is 12.8 Å². The van der Waals surface area contributed by atoms with Gasteiger partial charge in [-0.1, -0.05) is 37.1 Å². The number of likely N-dealkylation sites (tertiary alicyclic amines) is 1. The van der Waals surface area contributed by atoms with E-state index in [4.69, 9.17) is 5.73 Å². The van der Waals surface area contributed by atoms with E-state index in [1.54, 1.807) is 0 Å². The van der Waals surface area contributed by atoms with Crippen molar-refractivity contribution >= 4 is 23.3 Å². The van der Waals surface area contributed by atoms with E-state index >= 15 is 4.39 Å². The highest BCUT2D eigenvalue weighted by molar-refractivity contribution is 5.68. The van der Waals surface area contributed by atoms with Gasteiger partial charge < -0.3 is 16.0 Å². The van der Waals surface area contributed by atoms with E-state index in [2.05, 4.69) is 53.6 Å². The second-order valence-corrected chi connectivity index (χ2v) is 12.4. The van der Waals surface area contributed by atoms with E-state index in [0.717, 1.165) is 68.3 Å². The monoisotopic (exact) mass is 565 g/mol. The number of aromatic nitrogens is 5. The van der Waals surface area contributed by atoms with Crippen molar-refractivity contribution < 1.29 is 4.39 Å². The lowest BCUT2D eigenvalue weighted by molar-refractivity contribution is 0.231. The molecule has 9 nitrogen and oxygen atoms in total. The zero-order valence-corrected chi connectivity index (χ0v) is 23.7. The molecule has 2 aromatic carbocycles. The van der Waals surface area contributed by atoms with Crippen LogP contribution in [0, 0.1) is 17.7 Å². The van der Waals surface area contributed by atoms with Crippen LogP contribution < -0.4 is 16.0 Å². The van der Waals surface area contributed by atoms with E-state index in [-0.39, 0.29) is 17.7 Å². The molecule has 216 valence electrons. The number of hydrogen-bond donors (Lipinski definition) is 2. The molecule has 4 heterocycles. The summed E-state index contributed by atoms with van der Waals surface area (Å²) in [7, 11) is 0. The maximum absolute atomic E-state index is 15.4.